The van der Waals surface area contributed by atoms with Crippen LogP contribution in [0.5, 0.6) is 5.88 Å². The third-order valence-corrected chi connectivity index (χ3v) is 3.20. The fraction of sp³-hybridized carbons (Fsp3) is 0.235. The summed E-state index contributed by atoms with van der Waals surface area (Å²) in [7, 11) is 0. The van der Waals surface area contributed by atoms with E-state index in [0.717, 1.165) is 6.07 Å². The fourth-order valence-corrected chi connectivity index (χ4v) is 2.02. The van der Waals surface area contributed by atoms with Crippen LogP contribution in [0.3, 0.4) is 0 Å². The normalized spacial score (nSPS) is 11.5. The van der Waals surface area contributed by atoms with Crippen LogP contribution >= 0.6 is 0 Å². The summed E-state index contributed by atoms with van der Waals surface area (Å²) in [5.74, 6) is -2.17. The predicted octanol–water partition coefficient (Wildman–Crippen LogP) is 1.41. The molecule has 2 amide bonds. The number of nitrogens with zero attached hydrogens (tertiary/aromatic N) is 1. The first-order valence-corrected chi connectivity index (χ1v) is 7.61. The van der Waals surface area contributed by atoms with Crippen LogP contribution in [0.2, 0.25) is 0 Å². The minimum atomic E-state index is -1.13. The van der Waals surface area contributed by atoms with E-state index in [0.29, 0.717) is 12.2 Å². The number of hydrogen-bond donors (Lipinski definition) is 3. The minimum absolute atomic E-state index is 0.200. The van der Waals surface area contributed by atoms with Crippen LogP contribution in [-0.4, -0.2) is 35.1 Å². The monoisotopic (exact) mass is 347 g/mol. The molecule has 25 heavy (non-hydrogen) atoms. The van der Waals surface area contributed by atoms with Crippen molar-refractivity contribution >= 4 is 17.5 Å². The second kappa shape index (κ2) is 8.74. The topological polar surface area (TPSA) is 101 Å². The number of aliphatic hydroxyl groups is 1. The van der Waals surface area contributed by atoms with E-state index in [2.05, 4.69) is 15.6 Å². The maximum Gasteiger partial charge on any atom is 0.313 e. The van der Waals surface area contributed by atoms with Crippen LogP contribution in [-0.2, 0) is 9.59 Å². The van der Waals surface area contributed by atoms with Gasteiger partial charge in [0.05, 0.1) is 12.7 Å². The molecule has 2 aromatic rings. The molecule has 7 nitrogen and oxygen atoms in total. The average molecular weight is 347 g/mol. The molecule has 1 unspecified atom stereocenters. The van der Waals surface area contributed by atoms with Gasteiger partial charge in [0, 0.05) is 12.7 Å². The maximum absolute atomic E-state index is 13.1. The standard InChI is InChI=1S/C17H18FN3O4/c1-2-25-17-13(7-4-8-19-17)21-16(24)15(23)20-10-14(22)11-5-3-6-12(18)9-11/h3-9,14,22H,2,10H2,1H3,(H,20,23)(H,21,24). The number of pyridine rings is 1. The van der Waals surface area contributed by atoms with Crippen molar-refractivity contribution < 1.29 is 23.8 Å². The Bertz CT molecular complexity index is 754. The van der Waals surface area contributed by atoms with Crippen molar-refractivity contribution in [2.24, 2.45) is 0 Å². The fourth-order valence-electron chi connectivity index (χ4n) is 2.02. The SMILES string of the molecule is CCOc1ncccc1NC(=O)C(=O)NCC(O)c1cccc(F)c1. The molecule has 2 rings (SSSR count). The molecule has 0 saturated carbocycles. The molecule has 0 bridgehead atoms. The molecule has 1 heterocycles. The number of aliphatic hydroxyl groups excluding tert-OH is 1. The third kappa shape index (κ3) is 5.25. The van der Waals surface area contributed by atoms with Gasteiger partial charge in [-0.2, -0.15) is 0 Å². The molecule has 1 aromatic heterocycles. The number of aromatic nitrogens is 1. The molecule has 8 heteroatoms. The Balaban J connectivity index is 1.91. The lowest BCUT2D eigenvalue weighted by molar-refractivity contribution is -0.136. The summed E-state index contributed by atoms with van der Waals surface area (Å²) in [5, 5.41) is 14.6. The number of benzene rings is 1. The van der Waals surface area contributed by atoms with Crippen LogP contribution < -0.4 is 15.4 Å². The van der Waals surface area contributed by atoms with E-state index in [-0.39, 0.29) is 18.1 Å². The van der Waals surface area contributed by atoms with E-state index in [9.17, 15) is 19.1 Å². The molecule has 1 atom stereocenters. The van der Waals surface area contributed by atoms with E-state index in [4.69, 9.17) is 4.74 Å². The maximum atomic E-state index is 13.1. The molecule has 3 N–H and O–H groups in total. The van der Waals surface area contributed by atoms with Crippen molar-refractivity contribution in [3.8, 4) is 5.88 Å². The lowest BCUT2D eigenvalue weighted by Gasteiger charge is -2.13. The van der Waals surface area contributed by atoms with Gasteiger partial charge in [-0.25, -0.2) is 9.37 Å². The average Bonchev–Trinajstić information content (AvgIpc) is 2.61. The highest BCUT2D eigenvalue weighted by Gasteiger charge is 2.18. The molecule has 0 aliphatic rings. The molecule has 0 aliphatic carbocycles. The Kier molecular flexibility index (Phi) is 6.41. The highest BCUT2D eigenvalue weighted by molar-refractivity contribution is 6.39. The van der Waals surface area contributed by atoms with Crippen LogP contribution in [0.1, 0.15) is 18.6 Å². The van der Waals surface area contributed by atoms with Gasteiger partial charge in [0.15, 0.2) is 0 Å². The zero-order valence-corrected chi connectivity index (χ0v) is 13.5. The van der Waals surface area contributed by atoms with E-state index in [1.165, 1.54) is 24.4 Å². The van der Waals surface area contributed by atoms with Gasteiger partial charge in [0.1, 0.15) is 11.5 Å². The van der Waals surface area contributed by atoms with E-state index in [1.54, 1.807) is 19.1 Å². The first kappa shape index (κ1) is 18.3. The Morgan fingerprint density at radius 3 is 2.80 bits per heavy atom. The Labute approximate surface area is 143 Å². The summed E-state index contributed by atoms with van der Waals surface area (Å²) in [4.78, 5) is 27.7. The molecule has 0 aliphatic heterocycles. The van der Waals surface area contributed by atoms with Crippen LogP contribution in [0.4, 0.5) is 10.1 Å². The summed E-state index contributed by atoms with van der Waals surface area (Å²) < 4.78 is 18.4. The van der Waals surface area contributed by atoms with Crippen molar-refractivity contribution in [3.63, 3.8) is 0 Å². The molecule has 0 fully saturated rings. The Hall–Kier alpha value is -3.00. The van der Waals surface area contributed by atoms with Gasteiger partial charge in [-0.05, 0) is 36.8 Å². The van der Waals surface area contributed by atoms with Crippen molar-refractivity contribution in [2.75, 3.05) is 18.5 Å². The second-order valence-electron chi connectivity index (χ2n) is 5.02. The predicted molar refractivity (Wildman–Crippen MR) is 88.4 cm³/mol. The number of amides is 2. The first-order valence-electron chi connectivity index (χ1n) is 7.61. The number of anilines is 1. The van der Waals surface area contributed by atoms with Gasteiger partial charge in [0.2, 0.25) is 5.88 Å². The van der Waals surface area contributed by atoms with Crippen molar-refractivity contribution in [1.29, 1.82) is 0 Å². The van der Waals surface area contributed by atoms with Crippen molar-refractivity contribution in [1.82, 2.24) is 10.3 Å². The third-order valence-electron chi connectivity index (χ3n) is 3.20. The zero-order chi connectivity index (χ0) is 18.2. The van der Waals surface area contributed by atoms with Gasteiger partial charge in [-0.15, -0.1) is 0 Å². The largest absolute Gasteiger partial charge is 0.476 e. The molecule has 0 saturated heterocycles. The Morgan fingerprint density at radius 2 is 2.08 bits per heavy atom. The van der Waals surface area contributed by atoms with E-state index in [1.807, 2.05) is 0 Å². The summed E-state index contributed by atoms with van der Waals surface area (Å²) >= 11 is 0. The quantitative estimate of drug-likeness (QED) is 0.686. The lowest BCUT2D eigenvalue weighted by Crippen LogP contribution is -2.37. The van der Waals surface area contributed by atoms with Gasteiger partial charge in [-0.3, -0.25) is 9.59 Å². The Morgan fingerprint density at radius 1 is 1.28 bits per heavy atom. The summed E-state index contributed by atoms with van der Waals surface area (Å²) in [6.07, 6.45) is 0.362. The van der Waals surface area contributed by atoms with Crippen LogP contribution in [0.15, 0.2) is 42.6 Å². The summed E-state index contributed by atoms with van der Waals surface area (Å²) in [5.41, 5.74) is 0.557. The summed E-state index contributed by atoms with van der Waals surface area (Å²) in [6.45, 7) is 1.88. The minimum Gasteiger partial charge on any atom is -0.476 e. The summed E-state index contributed by atoms with van der Waals surface area (Å²) in [6, 6.07) is 8.49. The number of hydrogen-bond acceptors (Lipinski definition) is 5. The van der Waals surface area contributed by atoms with Gasteiger partial charge in [0.25, 0.3) is 0 Å². The van der Waals surface area contributed by atoms with Crippen molar-refractivity contribution in [3.05, 3.63) is 54.0 Å². The number of carbonyl (C=O) groups is 2. The highest BCUT2D eigenvalue weighted by atomic mass is 19.1. The molecular weight excluding hydrogens is 329 g/mol. The molecule has 0 spiro atoms. The first-order chi connectivity index (χ1) is 12.0. The van der Waals surface area contributed by atoms with Crippen LogP contribution in [0.25, 0.3) is 0 Å². The smallest absolute Gasteiger partial charge is 0.313 e. The number of halogens is 1. The van der Waals surface area contributed by atoms with Crippen molar-refractivity contribution in [2.45, 2.75) is 13.0 Å². The van der Waals surface area contributed by atoms with Gasteiger partial charge < -0.3 is 20.5 Å². The number of ether oxygens (including phenoxy) is 1. The molecule has 1 aromatic carbocycles. The lowest BCUT2D eigenvalue weighted by atomic mass is 10.1. The van der Waals surface area contributed by atoms with Crippen LogP contribution in [0, 0.1) is 5.82 Å². The number of carbonyl (C=O) groups excluding carboxylic acids is 2. The van der Waals surface area contributed by atoms with Gasteiger partial charge in [-0.1, -0.05) is 12.1 Å². The molecular formula is C17H18FN3O4. The number of nitrogens with one attached hydrogen (secondary N) is 2. The second-order valence-corrected chi connectivity index (χ2v) is 5.02. The molecule has 132 valence electrons. The highest BCUT2D eigenvalue weighted by Crippen LogP contribution is 2.20. The number of rotatable bonds is 6. The van der Waals surface area contributed by atoms with E-state index >= 15 is 0 Å². The molecule has 0 radical (unpaired) electrons. The van der Waals surface area contributed by atoms with E-state index < -0.39 is 23.7 Å². The van der Waals surface area contributed by atoms with Gasteiger partial charge >= 0.3 is 11.8 Å². The zero-order valence-electron chi connectivity index (χ0n) is 13.5.